The number of esters is 1. The van der Waals surface area contributed by atoms with Gasteiger partial charge < -0.3 is 14.8 Å². The summed E-state index contributed by atoms with van der Waals surface area (Å²) in [5, 5.41) is 1.67. The van der Waals surface area contributed by atoms with E-state index in [1.807, 2.05) is 0 Å². The van der Waals surface area contributed by atoms with Gasteiger partial charge >= 0.3 is 24.1 Å². The van der Waals surface area contributed by atoms with E-state index in [0.717, 1.165) is 4.90 Å². The first kappa shape index (κ1) is 26.4. The van der Waals surface area contributed by atoms with Crippen LogP contribution in [0.25, 0.3) is 0 Å². The smallest absolute Gasteiger partial charge is 0.424 e. The van der Waals surface area contributed by atoms with Crippen LogP contribution in [0.1, 0.15) is 44.6 Å². The monoisotopic (exact) mass is 492 g/mol. The number of benzene rings is 1. The first-order valence-corrected chi connectivity index (χ1v) is 10.6. The quantitative estimate of drug-likeness (QED) is 0.460. The Morgan fingerprint density at radius 1 is 1.21 bits per heavy atom. The molecule has 1 aliphatic rings. The number of nitrogens with one attached hydrogen (secondary N) is 1. The second kappa shape index (κ2) is 10.9. The maximum absolute atomic E-state index is 13.1. The highest BCUT2D eigenvalue weighted by Gasteiger charge is 2.49. The minimum absolute atomic E-state index is 0.0222. The van der Waals surface area contributed by atoms with E-state index in [9.17, 15) is 32.3 Å². The SMILES string of the molecule is CCC(OC(=O)CNC(=O)C(F)(F)F)OC(=O)N(C)[C@]1(c2ccccc2Cl)CCCCC1=O. The van der Waals surface area contributed by atoms with Crippen molar-refractivity contribution >= 4 is 35.4 Å². The summed E-state index contributed by atoms with van der Waals surface area (Å²) in [6, 6.07) is 6.63. The van der Waals surface area contributed by atoms with Crippen molar-refractivity contribution in [1.82, 2.24) is 10.2 Å². The number of rotatable bonds is 7. The molecule has 1 N–H and O–H groups in total. The van der Waals surface area contributed by atoms with E-state index in [0.29, 0.717) is 29.8 Å². The molecule has 0 aromatic heterocycles. The largest absolute Gasteiger partial charge is 0.471 e. The van der Waals surface area contributed by atoms with Crippen molar-refractivity contribution in [1.29, 1.82) is 0 Å². The molecule has 0 bridgehead atoms. The Morgan fingerprint density at radius 2 is 1.88 bits per heavy atom. The number of halogens is 4. The Labute approximate surface area is 193 Å². The van der Waals surface area contributed by atoms with E-state index in [2.05, 4.69) is 0 Å². The van der Waals surface area contributed by atoms with E-state index in [1.54, 1.807) is 24.3 Å². The average Bonchev–Trinajstić information content (AvgIpc) is 2.76. The molecule has 12 heteroatoms. The maximum Gasteiger partial charge on any atom is 0.471 e. The van der Waals surface area contributed by atoms with Gasteiger partial charge in [-0.2, -0.15) is 13.2 Å². The molecule has 1 aromatic rings. The number of alkyl halides is 3. The van der Waals surface area contributed by atoms with Crippen LogP contribution in [0.2, 0.25) is 5.02 Å². The Morgan fingerprint density at radius 3 is 2.45 bits per heavy atom. The van der Waals surface area contributed by atoms with Crippen LogP contribution in [0.15, 0.2) is 24.3 Å². The van der Waals surface area contributed by atoms with Crippen molar-refractivity contribution in [3.63, 3.8) is 0 Å². The van der Waals surface area contributed by atoms with Crippen molar-refractivity contribution < 1.29 is 41.8 Å². The van der Waals surface area contributed by atoms with Crippen LogP contribution < -0.4 is 5.32 Å². The lowest BCUT2D eigenvalue weighted by molar-refractivity contribution is -0.178. The maximum atomic E-state index is 13.1. The summed E-state index contributed by atoms with van der Waals surface area (Å²) in [5.74, 6) is -3.76. The van der Waals surface area contributed by atoms with Crippen LogP contribution in [0, 0.1) is 0 Å². The fourth-order valence-corrected chi connectivity index (χ4v) is 3.90. The first-order chi connectivity index (χ1) is 15.4. The number of ketones is 1. The van der Waals surface area contributed by atoms with E-state index in [1.165, 1.54) is 19.3 Å². The fraction of sp³-hybridized carbons (Fsp3) is 0.524. The number of nitrogens with zero attached hydrogens (tertiary/aromatic N) is 1. The molecule has 0 heterocycles. The van der Waals surface area contributed by atoms with Crippen LogP contribution in [0.4, 0.5) is 18.0 Å². The number of amides is 2. The van der Waals surface area contributed by atoms with Gasteiger partial charge in [-0.25, -0.2) is 4.79 Å². The summed E-state index contributed by atoms with van der Waals surface area (Å²) in [4.78, 5) is 49.7. The molecule has 1 unspecified atom stereocenters. The lowest BCUT2D eigenvalue weighted by atomic mass is 9.74. The second-order valence-corrected chi connectivity index (χ2v) is 7.83. The molecule has 1 aromatic carbocycles. The van der Waals surface area contributed by atoms with Crippen molar-refractivity contribution in [3.8, 4) is 0 Å². The normalized spacial score (nSPS) is 19.4. The van der Waals surface area contributed by atoms with Crippen LogP contribution >= 0.6 is 11.6 Å². The third-order valence-electron chi connectivity index (χ3n) is 5.30. The molecule has 2 rings (SSSR count). The lowest BCUT2D eigenvalue weighted by Crippen LogP contribution is -2.55. The van der Waals surface area contributed by atoms with Crippen molar-refractivity contribution in [3.05, 3.63) is 34.9 Å². The zero-order valence-corrected chi connectivity index (χ0v) is 18.8. The molecule has 1 aliphatic carbocycles. The van der Waals surface area contributed by atoms with Crippen LogP contribution in [0.3, 0.4) is 0 Å². The predicted octanol–water partition coefficient (Wildman–Crippen LogP) is 3.70. The molecule has 0 saturated heterocycles. The van der Waals surface area contributed by atoms with Gasteiger partial charge in [0.05, 0.1) is 0 Å². The lowest BCUT2D eigenvalue weighted by Gasteiger charge is -2.43. The molecule has 2 amide bonds. The van der Waals surface area contributed by atoms with Crippen molar-refractivity contribution in [2.24, 2.45) is 0 Å². The van der Waals surface area contributed by atoms with Crippen molar-refractivity contribution in [2.45, 2.75) is 57.0 Å². The van der Waals surface area contributed by atoms with Gasteiger partial charge in [0.2, 0.25) is 6.29 Å². The van der Waals surface area contributed by atoms with E-state index >= 15 is 0 Å². The molecule has 1 saturated carbocycles. The highest BCUT2D eigenvalue weighted by atomic mass is 35.5. The third-order valence-corrected chi connectivity index (χ3v) is 5.63. The predicted molar refractivity (Wildman–Crippen MR) is 110 cm³/mol. The standard InChI is InChI=1S/C21H24ClF3N2O6/c1-3-17(32-16(29)12-26-18(30)21(23,24)25)33-19(31)27(2)20(11-7-6-10-15(20)28)13-8-4-5-9-14(13)22/h4-5,8-9,17H,3,6-7,10-12H2,1-2H3,(H,26,30)/t17?,20-/m0/s1. The molecule has 2 atom stereocenters. The average molecular weight is 493 g/mol. The van der Waals surface area contributed by atoms with Crippen LogP contribution in [-0.2, 0) is 29.4 Å². The van der Waals surface area contributed by atoms with Gasteiger partial charge in [-0.3, -0.25) is 19.3 Å². The number of hydrogen-bond acceptors (Lipinski definition) is 6. The van der Waals surface area contributed by atoms with E-state index in [-0.39, 0.29) is 18.6 Å². The van der Waals surface area contributed by atoms with Crippen LogP contribution in [0.5, 0.6) is 0 Å². The number of ether oxygens (including phenoxy) is 2. The molecule has 33 heavy (non-hydrogen) atoms. The molecule has 0 aliphatic heterocycles. The summed E-state index contributed by atoms with van der Waals surface area (Å²) in [6.45, 7) is 0.444. The summed E-state index contributed by atoms with van der Waals surface area (Å²) >= 11 is 6.34. The Hall–Kier alpha value is -2.82. The Balaban J connectivity index is 2.14. The highest BCUT2D eigenvalue weighted by molar-refractivity contribution is 6.31. The van der Waals surface area contributed by atoms with Gasteiger partial charge in [0.1, 0.15) is 12.1 Å². The van der Waals surface area contributed by atoms with Gasteiger partial charge in [0, 0.05) is 30.5 Å². The Bertz CT molecular complexity index is 910. The van der Waals surface area contributed by atoms with Gasteiger partial charge in [-0.15, -0.1) is 0 Å². The van der Waals surface area contributed by atoms with Crippen molar-refractivity contribution in [2.75, 3.05) is 13.6 Å². The molecular weight excluding hydrogens is 469 g/mol. The summed E-state index contributed by atoms with van der Waals surface area (Å²) in [5.41, 5.74) is -0.938. The molecule has 182 valence electrons. The number of carbonyl (C=O) groups excluding carboxylic acids is 4. The molecular formula is C21H24ClF3N2O6. The van der Waals surface area contributed by atoms with Gasteiger partial charge in [0.25, 0.3) is 0 Å². The summed E-state index contributed by atoms with van der Waals surface area (Å²) < 4.78 is 46.7. The molecule has 8 nitrogen and oxygen atoms in total. The van der Waals surface area contributed by atoms with Gasteiger partial charge in [-0.05, 0) is 25.3 Å². The topological polar surface area (TPSA) is 102 Å². The van der Waals surface area contributed by atoms with E-state index in [4.69, 9.17) is 21.1 Å². The third kappa shape index (κ3) is 6.16. The number of Topliss-reactive ketones (excluding diaryl/α,β-unsaturated/α-hetero) is 1. The summed E-state index contributed by atoms with van der Waals surface area (Å²) in [7, 11) is 1.37. The van der Waals surface area contributed by atoms with Crippen LogP contribution in [-0.4, -0.2) is 54.7 Å². The van der Waals surface area contributed by atoms with E-state index < -0.39 is 42.5 Å². The minimum Gasteiger partial charge on any atom is -0.424 e. The second-order valence-electron chi connectivity index (χ2n) is 7.42. The van der Waals surface area contributed by atoms with Gasteiger partial charge in [-0.1, -0.05) is 36.7 Å². The number of likely N-dealkylation sites (N-methyl/N-ethyl adjacent to an activating group) is 1. The molecule has 0 radical (unpaired) electrons. The molecule has 0 spiro atoms. The minimum atomic E-state index is -5.15. The zero-order valence-electron chi connectivity index (χ0n) is 18.0. The number of hydrogen-bond donors (Lipinski definition) is 1. The summed E-state index contributed by atoms with van der Waals surface area (Å²) in [6.07, 6.45) is -5.76. The first-order valence-electron chi connectivity index (χ1n) is 10.2. The fourth-order valence-electron chi connectivity index (χ4n) is 3.61. The Kier molecular flexibility index (Phi) is 8.70. The van der Waals surface area contributed by atoms with Gasteiger partial charge in [0.15, 0.2) is 5.78 Å². The number of carbonyl (C=O) groups is 4. The highest BCUT2D eigenvalue weighted by Crippen LogP contribution is 2.42. The zero-order chi connectivity index (χ0) is 24.8. The molecule has 1 fully saturated rings.